The second kappa shape index (κ2) is 5.33. The molecule has 2 fully saturated rings. The Kier molecular flexibility index (Phi) is 4.01. The van der Waals surface area contributed by atoms with Gasteiger partial charge in [-0.1, -0.05) is 0 Å². The van der Waals surface area contributed by atoms with Crippen LogP contribution in [0.2, 0.25) is 0 Å². The highest BCUT2D eigenvalue weighted by molar-refractivity contribution is 5.80. The summed E-state index contributed by atoms with van der Waals surface area (Å²) < 4.78 is 15.5. The molecule has 0 aromatic carbocycles. The Morgan fingerprint density at radius 1 is 1.47 bits per heavy atom. The van der Waals surface area contributed by atoms with Gasteiger partial charge in [0.15, 0.2) is 0 Å². The molecule has 98 valence electrons. The third-order valence-corrected chi connectivity index (χ3v) is 3.30. The van der Waals surface area contributed by atoms with Crippen molar-refractivity contribution in [1.82, 2.24) is 5.32 Å². The molecule has 1 saturated carbocycles. The van der Waals surface area contributed by atoms with E-state index in [0.29, 0.717) is 32.3 Å². The first-order chi connectivity index (χ1) is 8.14. The number of hydrogen-bond donors (Lipinski definition) is 1. The van der Waals surface area contributed by atoms with Crippen LogP contribution in [0.1, 0.15) is 26.2 Å². The van der Waals surface area contributed by atoms with Gasteiger partial charge in [-0.3, -0.25) is 10.1 Å². The number of carbonyl (C=O) groups excluding carboxylic acids is 1. The van der Waals surface area contributed by atoms with Gasteiger partial charge in [0, 0.05) is 12.6 Å². The van der Waals surface area contributed by atoms with Gasteiger partial charge in [0.25, 0.3) is 0 Å². The van der Waals surface area contributed by atoms with Crippen LogP contribution in [0.5, 0.6) is 0 Å². The number of nitrogens with one attached hydrogen (secondary N) is 1. The first-order valence-electron chi connectivity index (χ1n) is 6.19. The molecule has 1 unspecified atom stereocenters. The molecule has 1 N–H and O–H groups in total. The normalized spacial score (nSPS) is 23.9. The molecule has 0 aromatic rings. The highest BCUT2D eigenvalue weighted by atomic mass is 16.6. The summed E-state index contributed by atoms with van der Waals surface area (Å²) in [6.45, 7) is 3.78. The minimum atomic E-state index is -0.624. The van der Waals surface area contributed by atoms with Crippen molar-refractivity contribution >= 4 is 5.97 Å². The second-order valence-corrected chi connectivity index (χ2v) is 5.02. The fraction of sp³-hybridized carbons (Fsp3) is 0.917. The number of rotatable bonds is 7. The zero-order chi connectivity index (χ0) is 12.3. The predicted molar refractivity (Wildman–Crippen MR) is 61.8 cm³/mol. The van der Waals surface area contributed by atoms with Crippen LogP contribution in [-0.2, 0) is 19.0 Å². The lowest BCUT2D eigenvalue weighted by molar-refractivity contribution is -0.152. The highest BCUT2D eigenvalue weighted by Crippen LogP contribution is 2.25. The van der Waals surface area contributed by atoms with Crippen LogP contribution >= 0.6 is 0 Å². The van der Waals surface area contributed by atoms with E-state index in [1.54, 1.807) is 0 Å². The molecule has 1 aliphatic carbocycles. The predicted octanol–water partition coefficient (Wildman–Crippen LogP) is 0.476. The molecule has 1 heterocycles. The lowest BCUT2D eigenvalue weighted by Crippen LogP contribution is -2.52. The lowest BCUT2D eigenvalue weighted by Gasteiger charge is -2.31. The molecule has 0 radical (unpaired) electrons. The molecule has 1 aliphatic heterocycles. The van der Waals surface area contributed by atoms with E-state index in [2.05, 4.69) is 5.32 Å². The van der Waals surface area contributed by atoms with Gasteiger partial charge >= 0.3 is 5.97 Å². The third kappa shape index (κ3) is 3.40. The summed E-state index contributed by atoms with van der Waals surface area (Å²) in [5.74, 6) is -0.210. The molecule has 5 heteroatoms. The quantitative estimate of drug-likeness (QED) is 0.659. The smallest absolute Gasteiger partial charge is 0.325 e. The van der Waals surface area contributed by atoms with Crippen molar-refractivity contribution in [3.05, 3.63) is 0 Å². The molecule has 1 atom stereocenters. The van der Waals surface area contributed by atoms with E-state index < -0.39 is 5.54 Å². The minimum Gasteiger partial charge on any atom is -0.468 e. The van der Waals surface area contributed by atoms with Gasteiger partial charge in [0.1, 0.15) is 11.6 Å². The SMILES string of the molecule is COC(=O)C(C)(CCOC1COC1)NC1CC1. The van der Waals surface area contributed by atoms with Crippen molar-refractivity contribution < 1.29 is 19.0 Å². The van der Waals surface area contributed by atoms with Crippen LogP contribution < -0.4 is 5.32 Å². The van der Waals surface area contributed by atoms with Crippen molar-refractivity contribution in [3.63, 3.8) is 0 Å². The molecule has 5 nitrogen and oxygen atoms in total. The lowest BCUT2D eigenvalue weighted by atomic mass is 9.98. The van der Waals surface area contributed by atoms with Gasteiger partial charge in [0.2, 0.25) is 0 Å². The number of methoxy groups -OCH3 is 1. The Balaban J connectivity index is 1.78. The van der Waals surface area contributed by atoms with Crippen LogP contribution in [0.3, 0.4) is 0 Å². The minimum absolute atomic E-state index is 0.206. The fourth-order valence-electron chi connectivity index (χ4n) is 1.88. The largest absolute Gasteiger partial charge is 0.468 e. The average molecular weight is 243 g/mol. The first kappa shape index (κ1) is 12.8. The highest BCUT2D eigenvalue weighted by Gasteiger charge is 2.39. The van der Waals surface area contributed by atoms with Crippen LogP contribution in [0.25, 0.3) is 0 Å². The summed E-state index contributed by atoms with van der Waals surface area (Å²) >= 11 is 0. The van der Waals surface area contributed by atoms with E-state index in [-0.39, 0.29) is 12.1 Å². The fourth-order valence-corrected chi connectivity index (χ4v) is 1.88. The van der Waals surface area contributed by atoms with Crippen LogP contribution in [0.4, 0.5) is 0 Å². The molecular formula is C12H21NO4. The molecule has 2 rings (SSSR count). The number of ether oxygens (including phenoxy) is 3. The topological polar surface area (TPSA) is 56.8 Å². The van der Waals surface area contributed by atoms with Crippen LogP contribution in [-0.4, -0.2) is 50.6 Å². The van der Waals surface area contributed by atoms with E-state index >= 15 is 0 Å². The molecule has 17 heavy (non-hydrogen) atoms. The molecule has 0 spiro atoms. The number of carbonyl (C=O) groups is 1. The van der Waals surface area contributed by atoms with E-state index in [4.69, 9.17) is 14.2 Å². The summed E-state index contributed by atoms with van der Waals surface area (Å²) in [6, 6.07) is 0.464. The van der Waals surface area contributed by atoms with Gasteiger partial charge in [0.05, 0.1) is 20.3 Å². The Bertz CT molecular complexity index is 276. The summed E-state index contributed by atoms with van der Waals surface area (Å²) in [7, 11) is 1.43. The summed E-state index contributed by atoms with van der Waals surface area (Å²) in [6.07, 6.45) is 3.12. The molecule has 0 bridgehead atoms. The Labute approximate surface area is 102 Å². The Morgan fingerprint density at radius 3 is 2.65 bits per heavy atom. The van der Waals surface area contributed by atoms with Crippen molar-refractivity contribution in [2.24, 2.45) is 0 Å². The third-order valence-electron chi connectivity index (χ3n) is 3.30. The van der Waals surface area contributed by atoms with E-state index in [1.165, 1.54) is 7.11 Å². The van der Waals surface area contributed by atoms with E-state index in [0.717, 1.165) is 12.8 Å². The van der Waals surface area contributed by atoms with E-state index in [9.17, 15) is 4.79 Å². The maximum atomic E-state index is 11.8. The van der Waals surface area contributed by atoms with E-state index in [1.807, 2.05) is 6.92 Å². The molecular weight excluding hydrogens is 222 g/mol. The Morgan fingerprint density at radius 2 is 2.18 bits per heavy atom. The first-order valence-corrected chi connectivity index (χ1v) is 6.19. The van der Waals surface area contributed by atoms with Crippen LogP contribution in [0.15, 0.2) is 0 Å². The van der Waals surface area contributed by atoms with Crippen LogP contribution in [0, 0.1) is 0 Å². The summed E-state index contributed by atoms with van der Waals surface area (Å²) in [5, 5.41) is 3.34. The van der Waals surface area contributed by atoms with Gasteiger partial charge in [-0.2, -0.15) is 0 Å². The molecule has 2 aliphatic rings. The average Bonchev–Trinajstić information content (AvgIpc) is 3.04. The monoisotopic (exact) mass is 243 g/mol. The standard InChI is InChI=1S/C12H21NO4/c1-12(11(14)15-2,13-9-3-4-9)5-6-17-10-7-16-8-10/h9-10,13H,3-8H2,1-2H3. The van der Waals surface area contributed by atoms with Gasteiger partial charge in [-0.25, -0.2) is 0 Å². The maximum absolute atomic E-state index is 11.8. The van der Waals surface area contributed by atoms with Crippen molar-refractivity contribution in [3.8, 4) is 0 Å². The summed E-state index contributed by atoms with van der Waals surface area (Å²) in [4.78, 5) is 11.8. The summed E-state index contributed by atoms with van der Waals surface area (Å²) in [5.41, 5.74) is -0.624. The molecule has 0 aromatic heterocycles. The van der Waals surface area contributed by atoms with Crippen molar-refractivity contribution in [1.29, 1.82) is 0 Å². The molecule has 0 amide bonds. The Hall–Kier alpha value is -0.650. The zero-order valence-electron chi connectivity index (χ0n) is 10.5. The maximum Gasteiger partial charge on any atom is 0.325 e. The van der Waals surface area contributed by atoms with Crippen molar-refractivity contribution in [2.75, 3.05) is 26.9 Å². The van der Waals surface area contributed by atoms with Gasteiger partial charge in [-0.05, 0) is 26.2 Å². The van der Waals surface area contributed by atoms with Gasteiger partial charge in [-0.15, -0.1) is 0 Å². The number of esters is 1. The van der Waals surface area contributed by atoms with Crippen molar-refractivity contribution in [2.45, 2.75) is 43.9 Å². The zero-order valence-corrected chi connectivity index (χ0v) is 10.5. The second-order valence-electron chi connectivity index (χ2n) is 5.02. The van der Waals surface area contributed by atoms with Gasteiger partial charge < -0.3 is 14.2 Å². The molecule has 1 saturated heterocycles. The number of hydrogen-bond acceptors (Lipinski definition) is 5.